The molecule has 1 atom stereocenters. The lowest BCUT2D eigenvalue weighted by Crippen LogP contribution is -2.15. The van der Waals surface area contributed by atoms with Crippen molar-refractivity contribution in [2.45, 2.75) is 84.7 Å². The molecule has 0 N–H and O–H groups in total. The van der Waals surface area contributed by atoms with E-state index in [0.717, 1.165) is 43.2 Å². The first-order valence-corrected chi connectivity index (χ1v) is 11.7. The molecule has 2 aromatic carbocycles. The van der Waals surface area contributed by atoms with E-state index < -0.39 is 0 Å². The number of carbonyl (C=O) groups excluding carboxylic acids is 2. The fourth-order valence-corrected chi connectivity index (χ4v) is 3.38. The van der Waals surface area contributed by atoms with Crippen molar-refractivity contribution in [3.8, 4) is 16.9 Å². The van der Waals surface area contributed by atoms with Gasteiger partial charge < -0.3 is 9.47 Å². The van der Waals surface area contributed by atoms with Crippen LogP contribution in [0.2, 0.25) is 0 Å². The minimum Gasteiger partial charge on any atom is -0.459 e. The molecule has 168 valence electrons. The maximum absolute atomic E-state index is 12.4. The second-order valence-electron chi connectivity index (χ2n) is 8.10. The molecule has 0 amide bonds. The Morgan fingerprint density at radius 2 is 1.35 bits per heavy atom. The van der Waals surface area contributed by atoms with Gasteiger partial charge in [0.05, 0.1) is 11.7 Å². The van der Waals surface area contributed by atoms with E-state index in [1.807, 2.05) is 31.2 Å². The van der Waals surface area contributed by atoms with Gasteiger partial charge in [0.2, 0.25) is 0 Å². The number of unbranched alkanes of at least 4 members (excludes halogenated alkanes) is 5. The van der Waals surface area contributed by atoms with E-state index in [1.54, 1.807) is 24.3 Å². The van der Waals surface area contributed by atoms with Gasteiger partial charge in [0.15, 0.2) is 0 Å². The molecule has 0 aliphatic carbocycles. The van der Waals surface area contributed by atoms with Crippen LogP contribution in [0.3, 0.4) is 0 Å². The van der Waals surface area contributed by atoms with Crippen molar-refractivity contribution in [1.82, 2.24) is 0 Å². The number of hydrogen-bond donors (Lipinski definition) is 0. The maximum Gasteiger partial charge on any atom is 0.338 e. The molecule has 0 radical (unpaired) electrons. The standard InChI is InChI=1S/C27H36O4/c1-4-6-8-10-11-21(3)30-27(29)24-15-13-22(14-16-24)23-17-19-25(20-18-23)31-26(28)12-9-7-5-2/h13-21H,4-12H2,1-3H3. The van der Waals surface area contributed by atoms with Crippen LogP contribution in [-0.2, 0) is 9.53 Å². The highest BCUT2D eigenvalue weighted by Gasteiger charge is 2.12. The Morgan fingerprint density at radius 3 is 1.97 bits per heavy atom. The summed E-state index contributed by atoms with van der Waals surface area (Å²) in [5, 5.41) is 0. The molecule has 0 spiro atoms. The second kappa shape index (κ2) is 13.6. The van der Waals surface area contributed by atoms with Gasteiger partial charge in [0.25, 0.3) is 0 Å². The molecular weight excluding hydrogens is 388 g/mol. The van der Waals surface area contributed by atoms with E-state index in [9.17, 15) is 9.59 Å². The SMILES string of the molecule is CCCCCCC(C)OC(=O)c1ccc(-c2ccc(OC(=O)CCCCC)cc2)cc1. The lowest BCUT2D eigenvalue weighted by Gasteiger charge is -2.13. The third kappa shape index (κ3) is 8.95. The summed E-state index contributed by atoms with van der Waals surface area (Å²) in [6.07, 6.45) is 8.96. The smallest absolute Gasteiger partial charge is 0.338 e. The average Bonchev–Trinajstić information content (AvgIpc) is 2.77. The van der Waals surface area contributed by atoms with Crippen LogP contribution in [0.15, 0.2) is 48.5 Å². The van der Waals surface area contributed by atoms with E-state index in [2.05, 4.69) is 13.8 Å². The Balaban J connectivity index is 1.86. The Hall–Kier alpha value is -2.62. The number of hydrogen-bond acceptors (Lipinski definition) is 4. The summed E-state index contributed by atoms with van der Waals surface area (Å²) in [4.78, 5) is 24.2. The zero-order chi connectivity index (χ0) is 22.5. The largest absolute Gasteiger partial charge is 0.459 e. The summed E-state index contributed by atoms with van der Waals surface area (Å²) in [6, 6.07) is 14.8. The zero-order valence-electron chi connectivity index (χ0n) is 19.2. The van der Waals surface area contributed by atoms with Crippen molar-refractivity contribution >= 4 is 11.9 Å². The quantitative estimate of drug-likeness (QED) is 0.191. The fraction of sp³-hybridized carbons (Fsp3) is 0.481. The molecule has 4 nitrogen and oxygen atoms in total. The van der Waals surface area contributed by atoms with Gasteiger partial charge in [-0.1, -0.05) is 70.2 Å². The van der Waals surface area contributed by atoms with Crippen LogP contribution in [-0.4, -0.2) is 18.0 Å². The molecule has 0 bridgehead atoms. The highest BCUT2D eigenvalue weighted by Crippen LogP contribution is 2.23. The lowest BCUT2D eigenvalue weighted by atomic mass is 10.0. The number of carbonyl (C=O) groups is 2. The van der Waals surface area contributed by atoms with Crippen LogP contribution in [0.25, 0.3) is 11.1 Å². The fourth-order valence-electron chi connectivity index (χ4n) is 3.38. The first-order valence-electron chi connectivity index (χ1n) is 11.7. The molecule has 0 saturated carbocycles. The molecule has 2 rings (SSSR count). The monoisotopic (exact) mass is 424 g/mol. The van der Waals surface area contributed by atoms with Crippen LogP contribution in [0.1, 0.15) is 88.9 Å². The Kier molecular flexibility index (Phi) is 10.8. The van der Waals surface area contributed by atoms with Gasteiger partial charge in [0, 0.05) is 6.42 Å². The van der Waals surface area contributed by atoms with Crippen LogP contribution < -0.4 is 4.74 Å². The minimum absolute atomic E-state index is 0.0683. The highest BCUT2D eigenvalue weighted by atomic mass is 16.5. The van der Waals surface area contributed by atoms with Gasteiger partial charge in [-0.2, -0.15) is 0 Å². The van der Waals surface area contributed by atoms with Gasteiger partial charge in [-0.3, -0.25) is 4.79 Å². The summed E-state index contributed by atoms with van der Waals surface area (Å²) < 4.78 is 10.9. The van der Waals surface area contributed by atoms with Gasteiger partial charge in [-0.05, 0) is 61.6 Å². The van der Waals surface area contributed by atoms with Crippen molar-refractivity contribution < 1.29 is 19.1 Å². The maximum atomic E-state index is 12.4. The van der Waals surface area contributed by atoms with Crippen molar-refractivity contribution in [2.24, 2.45) is 0 Å². The Morgan fingerprint density at radius 1 is 0.774 bits per heavy atom. The molecule has 4 heteroatoms. The Bertz CT molecular complexity index is 793. The summed E-state index contributed by atoms with van der Waals surface area (Å²) in [6.45, 7) is 6.25. The molecule has 1 unspecified atom stereocenters. The van der Waals surface area contributed by atoms with Crippen LogP contribution in [0.5, 0.6) is 5.75 Å². The van der Waals surface area contributed by atoms with Crippen molar-refractivity contribution in [3.05, 3.63) is 54.1 Å². The van der Waals surface area contributed by atoms with Crippen molar-refractivity contribution in [3.63, 3.8) is 0 Å². The molecule has 31 heavy (non-hydrogen) atoms. The van der Waals surface area contributed by atoms with Gasteiger partial charge >= 0.3 is 11.9 Å². The van der Waals surface area contributed by atoms with Gasteiger partial charge in [0.1, 0.15) is 5.75 Å². The van der Waals surface area contributed by atoms with Gasteiger partial charge in [-0.25, -0.2) is 4.79 Å². The number of rotatable bonds is 13. The van der Waals surface area contributed by atoms with Crippen LogP contribution >= 0.6 is 0 Å². The summed E-state index contributed by atoms with van der Waals surface area (Å²) >= 11 is 0. The molecule has 0 aliphatic rings. The minimum atomic E-state index is -0.278. The second-order valence-corrected chi connectivity index (χ2v) is 8.10. The first-order chi connectivity index (χ1) is 15.0. The molecule has 0 saturated heterocycles. The van der Waals surface area contributed by atoms with E-state index >= 15 is 0 Å². The predicted octanol–water partition coefficient (Wildman–Crippen LogP) is 7.36. The molecule has 0 aromatic heterocycles. The van der Waals surface area contributed by atoms with Gasteiger partial charge in [-0.15, -0.1) is 0 Å². The highest BCUT2D eigenvalue weighted by molar-refractivity contribution is 5.90. The van der Waals surface area contributed by atoms with E-state index in [0.29, 0.717) is 17.7 Å². The third-order valence-corrected chi connectivity index (χ3v) is 5.30. The normalized spacial score (nSPS) is 11.7. The number of benzene rings is 2. The van der Waals surface area contributed by atoms with Crippen molar-refractivity contribution in [1.29, 1.82) is 0 Å². The van der Waals surface area contributed by atoms with E-state index in [1.165, 1.54) is 19.3 Å². The first kappa shape index (κ1) is 24.6. The average molecular weight is 425 g/mol. The molecule has 0 aliphatic heterocycles. The molecule has 2 aromatic rings. The van der Waals surface area contributed by atoms with Crippen LogP contribution in [0, 0.1) is 0 Å². The molecule has 0 heterocycles. The van der Waals surface area contributed by atoms with Crippen molar-refractivity contribution in [2.75, 3.05) is 0 Å². The third-order valence-electron chi connectivity index (χ3n) is 5.30. The zero-order valence-corrected chi connectivity index (χ0v) is 19.2. The summed E-state index contributed by atoms with van der Waals surface area (Å²) in [5.41, 5.74) is 2.54. The van der Waals surface area contributed by atoms with E-state index in [-0.39, 0.29) is 18.0 Å². The molecule has 0 fully saturated rings. The topological polar surface area (TPSA) is 52.6 Å². The number of esters is 2. The lowest BCUT2D eigenvalue weighted by molar-refractivity contribution is -0.134. The molecular formula is C27H36O4. The summed E-state index contributed by atoms with van der Waals surface area (Å²) in [5.74, 6) is 0.0851. The van der Waals surface area contributed by atoms with Crippen LogP contribution in [0.4, 0.5) is 0 Å². The predicted molar refractivity (Wildman–Crippen MR) is 125 cm³/mol. The van der Waals surface area contributed by atoms with E-state index in [4.69, 9.17) is 9.47 Å². The summed E-state index contributed by atoms with van der Waals surface area (Å²) in [7, 11) is 0. The Labute approximate surface area is 187 Å². The number of ether oxygens (including phenoxy) is 2.